The van der Waals surface area contributed by atoms with Gasteiger partial charge in [0.05, 0.1) is 0 Å². The molecule has 5 heteroatoms. The molecule has 5 nitrogen and oxygen atoms in total. The van der Waals surface area contributed by atoms with Gasteiger partial charge in [0.25, 0.3) is 0 Å². The summed E-state index contributed by atoms with van der Waals surface area (Å²) in [6.07, 6.45) is 4.11. The predicted molar refractivity (Wildman–Crippen MR) is 85.4 cm³/mol. The van der Waals surface area contributed by atoms with Crippen molar-refractivity contribution in [3.63, 3.8) is 0 Å². The largest absolute Gasteiger partial charge is 0.366 e. The molecule has 3 amide bonds. The van der Waals surface area contributed by atoms with E-state index in [0.29, 0.717) is 11.3 Å². The van der Waals surface area contributed by atoms with Crippen LogP contribution in [0.2, 0.25) is 0 Å². The van der Waals surface area contributed by atoms with Gasteiger partial charge in [-0.2, -0.15) is 0 Å². The van der Waals surface area contributed by atoms with E-state index in [1.807, 2.05) is 4.90 Å². The number of benzene rings is 1. The van der Waals surface area contributed by atoms with Crippen LogP contribution in [0.3, 0.4) is 0 Å². The zero-order chi connectivity index (χ0) is 15.7. The van der Waals surface area contributed by atoms with Crippen LogP contribution in [0, 0.1) is 0 Å². The van der Waals surface area contributed by atoms with Crippen LogP contribution < -0.4 is 11.1 Å². The van der Waals surface area contributed by atoms with Gasteiger partial charge in [-0.05, 0) is 37.1 Å². The van der Waals surface area contributed by atoms with E-state index in [0.717, 1.165) is 38.8 Å². The summed E-state index contributed by atoms with van der Waals surface area (Å²) in [5.41, 5.74) is 6.29. The molecule has 0 aromatic heterocycles. The van der Waals surface area contributed by atoms with Crippen molar-refractivity contribution >= 4 is 17.6 Å². The summed E-state index contributed by atoms with van der Waals surface area (Å²) < 4.78 is 0. The molecule has 116 valence electrons. The minimum absolute atomic E-state index is 0.0938. The monoisotopic (exact) mass is 291 g/mol. The summed E-state index contributed by atoms with van der Waals surface area (Å²) in [6, 6.07) is 6.51. The Balaban J connectivity index is 2.64. The number of primary amides is 1. The standard InChI is InChI=1S/C16H25N3O2/c1-3-5-11-19(12-6-4-2)16(21)18-14-9-7-13(8-10-14)15(17)20/h7-10H,3-6,11-12H2,1-2H3,(H2,17,20)(H,18,21). The maximum absolute atomic E-state index is 12.3. The number of anilines is 1. The summed E-state index contributed by atoms with van der Waals surface area (Å²) in [7, 11) is 0. The number of amides is 3. The second-order valence-corrected chi connectivity index (χ2v) is 5.07. The Labute approximate surface area is 126 Å². The van der Waals surface area contributed by atoms with E-state index >= 15 is 0 Å². The maximum Gasteiger partial charge on any atom is 0.321 e. The van der Waals surface area contributed by atoms with Gasteiger partial charge >= 0.3 is 6.03 Å². The van der Waals surface area contributed by atoms with Crippen molar-refractivity contribution in [2.45, 2.75) is 39.5 Å². The fraction of sp³-hybridized carbons (Fsp3) is 0.500. The number of rotatable bonds is 8. The molecule has 0 bridgehead atoms. The molecule has 0 saturated heterocycles. The lowest BCUT2D eigenvalue weighted by Crippen LogP contribution is -2.36. The Bertz CT molecular complexity index is 449. The molecule has 1 aromatic carbocycles. The minimum Gasteiger partial charge on any atom is -0.366 e. The first-order valence-electron chi connectivity index (χ1n) is 7.54. The number of nitrogens with zero attached hydrogens (tertiary/aromatic N) is 1. The fourth-order valence-electron chi connectivity index (χ4n) is 1.93. The lowest BCUT2D eigenvalue weighted by atomic mass is 10.2. The Morgan fingerprint density at radius 1 is 1.05 bits per heavy atom. The van der Waals surface area contributed by atoms with Crippen LogP contribution in [0.4, 0.5) is 10.5 Å². The topological polar surface area (TPSA) is 75.4 Å². The third-order valence-corrected chi connectivity index (χ3v) is 3.27. The van der Waals surface area contributed by atoms with E-state index in [4.69, 9.17) is 5.73 Å². The molecule has 21 heavy (non-hydrogen) atoms. The molecule has 0 fully saturated rings. The van der Waals surface area contributed by atoms with Gasteiger partial charge in [-0.1, -0.05) is 26.7 Å². The van der Waals surface area contributed by atoms with Crippen molar-refractivity contribution in [3.8, 4) is 0 Å². The van der Waals surface area contributed by atoms with E-state index in [-0.39, 0.29) is 6.03 Å². The average Bonchev–Trinajstić information content (AvgIpc) is 2.47. The van der Waals surface area contributed by atoms with E-state index in [2.05, 4.69) is 19.2 Å². The Morgan fingerprint density at radius 2 is 1.57 bits per heavy atom. The molecule has 1 rings (SSSR count). The summed E-state index contributed by atoms with van der Waals surface area (Å²) in [5, 5.41) is 2.86. The predicted octanol–water partition coefficient (Wildman–Crippen LogP) is 3.22. The van der Waals surface area contributed by atoms with E-state index < -0.39 is 5.91 Å². The highest BCUT2D eigenvalue weighted by Crippen LogP contribution is 2.11. The normalized spacial score (nSPS) is 10.2. The van der Waals surface area contributed by atoms with Crippen molar-refractivity contribution in [3.05, 3.63) is 29.8 Å². The number of nitrogens with one attached hydrogen (secondary N) is 1. The van der Waals surface area contributed by atoms with Crippen LogP contribution in [0.5, 0.6) is 0 Å². The van der Waals surface area contributed by atoms with Crippen LogP contribution in [-0.2, 0) is 0 Å². The molecular formula is C16H25N3O2. The number of unbranched alkanes of at least 4 members (excludes halogenated alkanes) is 2. The number of carbonyl (C=O) groups is 2. The second-order valence-electron chi connectivity index (χ2n) is 5.07. The smallest absolute Gasteiger partial charge is 0.321 e. The van der Waals surface area contributed by atoms with E-state index in [1.165, 1.54) is 0 Å². The Morgan fingerprint density at radius 3 is 2.00 bits per heavy atom. The van der Waals surface area contributed by atoms with Gasteiger partial charge < -0.3 is 16.0 Å². The zero-order valence-electron chi connectivity index (χ0n) is 12.9. The highest BCUT2D eigenvalue weighted by atomic mass is 16.2. The highest BCUT2D eigenvalue weighted by Gasteiger charge is 2.12. The van der Waals surface area contributed by atoms with Crippen molar-refractivity contribution in [1.82, 2.24) is 4.90 Å². The third kappa shape index (κ3) is 5.85. The Hall–Kier alpha value is -2.04. The third-order valence-electron chi connectivity index (χ3n) is 3.27. The number of hydrogen-bond acceptors (Lipinski definition) is 2. The molecule has 1 aromatic rings. The van der Waals surface area contributed by atoms with Gasteiger partial charge in [0, 0.05) is 24.3 Å². The minimum atomic E-state index is -0.472. The van der Waals surface area contributed by atoms with Gasteiger partial charge in [-0.15, -0.1) is 0 Å². The molecule has 0 unspecified atom stereocenters. The zero-order valence-corrected chi connectivity index (χ0v) is 12.9. The van der Waals surface area contributed by atoms with Crippen molar-refractivity contribution in [1.29, 1.82) is 0 Å². The van der Waals surface area contributed by atoms with Crippen LogP contribution in [0.1, 0.15) is 49.9 Å². The summed E-state index contributed by atoms with van der Waals surface area (Å²) in [6.45, 7) is 5.75. The van der Waals surface area contributed by atoms with Crippen molar-refractivity contribution in [2.75, 3.05) is 18.4 Å². The van der Waals surface area contributed by atoms with E-state index in [1.54, 1.807) is 24.3 Å². The maximum atomic E-state index is 12.3. The second kappa shape index (κ2) is 9.00. The summed E-state index contributed by atoms with van der Waals surface area (Å²) in [5.74, 6) is -0.472. The number of urea groups is 1. The number of nitrogens with two attached hydrogens (primary N) is 1. The van der Waals surface area contributed by atoms with Gasteiger partial charge in [0.2, 0.25) is 5.91 Å². The molecule has 0 aliphatic carbocycles. The average molecular weight is 291 g/mol. The van der Waals surface area contributed by atoms with Crippen LogP contribution in [0.15, 0.2) is 24.3 Å². The SMILES string of the molecule is CCCCN(CCCC)C(=O)Nc1ccc(C(N)=O)cc1. The van der Waals surface area contributed by atoms with Gasteiger partial charge in [0.15, 0.2) is 0 Å². The molecule has 0 spiro atoms. The van der Waals surface area contributed by atoms with Crippen molar-refractivity contribution in [2.24, 2.45) is 5.73 Å². The lowest BCUT2D eigenvalue weighted by Gasteiger charge is -2.22. The van der Waals surface area contributed by atoms with Crippen LogP contribution in [-0.4, -0.2) is 29.9 Å². The van der Waals surface area contributed by atoms with Gasteiger partial charge in [-0.25, -0.2) is 4.79 Å². The highest BCUT2D eigenvalue weighted by molar-refractivity contribution is 5.94. The quantitative estimate of drug-likeness (QED) is 0.771. The molecule has 0 aliphatic rings. The van der Waals surface area contributed by atoms with Crippen molar-refractivity contribution < 1.29 is 9.59 Å². The molecule has 3 N–H and O–H groups in total. The van der Waals surface area contributed by atoms with Crippen LogP contribution in [0.25, 0.3) is 0 Å². The lowest BCUT2D eigenvalue weighted by molar-refractivity contribution is 0.100. The molecule has 0 saturated carbocycles. The van der Waals surface area contributed by atoms with Gasteiger partial charge in [-0.3, -0.25) is 4.79 Å². The number of carbonyl (C=O) groups excluding carboxylic acids is 2. The van der Waals surface area contributed by atoms with E-state index in [9.17, 15) is 9.59 Å². The molecule has 0 heterocycles. The molecule has 0 radical (unpaired) electrons. The molecule has 0 atom stereocenters. The summed E-state index contributed by atoms with van der Waals surface area (Å²) in [4.78, 5) is 25.1. The first-order chi connectivity index (χ1) is 10.1. The Kier molecular flexibility index (Phi) is 7.29. The molecular weight excluding hydrogens is 266 g/mol. The summed E-state index contributed by atoms with van der Waals surface area (Å²) >= 11 is 0. The first-order valence-corrected chi connectivity index (χ1v) is 7.54. The van der Waals surface area contributed by atoms with Gasteiger partial charge in [0.1, 0.15) is 0 Å². The number of hydrogen-bond donors (Lipinski definition) is 2. The fourth-order valence-corrected chi connectivity index (χ4v) is 1.93. The molecule has 0 aliphatic heterocycles. The van der Waals surface area contributed by atoms with Crippen LogP contribution >= 0.6 is 0 Å². The first kappa shape index (κ1) is 17.0.